The van der Waals surface area contributed by atoms with E-state index in [4.69, 9.17) is 18.9 Å². The van der Waals surface area contributed by atoms with Crippen LogP contribution in [-0.2, 0) is 4.74 Å². The van der Waals surface area contributed by atoms with Crippen LogP contribution in [0.3, 0.4) is 0 Å². The van der Waals surface area contributed by atoms with Crippen molar-refractivity contribution in [2.75, 3.05) is 26.5 Å². The van der Waals surface area contributed by atoms with E-state index in [0.717, 1.165) is 35.9 Å². The van der Waals surface area contributed by atoms with Crippen molar-refractivity contribution in [1.29, 1.82) is 0 Å². The molecule has 5 nitrogen and oxygen atoms in total. The van der Waals surface area contributed by atoms with Crippen molar-refractivity contribution in [3.63, 3.8) is 0 Å². The Balaban J connectivity index is 1.60. The fourth-order valence-corrected chi connectivity index (χ4v) is 2.88. The topological polar surface area (TPSA) is 49.0 Å². The second kappa shape index (κ2) is 6.48. The molecule has 0 aromatic heterocycles. The summed E-state index contributed by atoms with van der Waals surface area (Å²) in [6.07, 6.45) is -0.207. The van der Waals surface area contributed by atoms with Gasteiger partial charge in [0.25, 0.3) is 0 Å². The molecule has 0 saturated carbocycles. The van der Waals surface area contributed by atoms with Crippen molar-refractivity contribution < 1.29 is 18.9 Å². The summed E-state index contributed by atoms with van der Waals surface area (Å²) >= 11 is 0. The lowest BCUT2D eigenvalue weighted by atomic mass is 10.0. The highest BCUT2D eigenvalue weighted by molar-refractivity contribution is 5.47. The lowest BCUT2D eigenvalue weighted by Crippen LogP contribution is -2.43. The van der Waals surface area contributed by atoms with Gasteiger partial charge in [0.2, 0.25) is 6.79 Å². The summed E-state index contributed by atoms with van der Waals surface area (Å²) in [6.45, 7) is 2.60. The van der Waals surface area contributed by atoms with Crippen molar-refractivity contribution in [1.82, 2.24) is 5.32 Å². The second-order valence-electron chi connectivity index (χ2n) is 5.58. The summed E-state index contributed by atoms with van der Waals surface area (Å²) in [5.74, 6) is 2.22. The van der Waals surface area contributed by atoms with Crippen LogP contribution in [0.5, 0.6) is 17.2 Å². The van der Waals surface area contributed by atoms with Gasteiger partial charge < -0.3 is 24.3 Å². The molecule has 2 aliphatic rings. The Labute approximate surface area is 135 Å². The molecule has 1 saturated heterocycles. The molecule has 1 N–H and O–H groups in total. The van der Waals surface area contributed by atoms with Crippen LogP contribution in [0.15, 0.2) is 48.5 Å². The zero-order valence-corrected chi connectivity index (χ0v) is 12.7. The maximum Gasteiger partial charge on any atom is 0.231 e. The summed E-state index contributed by atoms with van der Waals surface area (Å²) < 4.78 is 23.0. The third-order valence-electron chi connectivity index (χ3n) is 4.03. The third kappa shape index (κ3) is 3.11. The van der Waals surface area contributed by atoms with Gasteiger partial charge >= 0.3 is 0 Å². The van der Waals surface area contributed by atoms with E-state index < -0.39 is 0 Å². The van der Waals surface area contributed by atoms with E-state index in [1.54, 1.807) is 0 Å². The predicted octanol–water partition coefficient (Wildman–Crippen LogP) is 2.52. The summed E-state index contributed by atoms with van der Waals surface area (Å²) in [6, 6.07) is 15.8. The van der Waals surface area contributed by atoms with Crippen LogP contribution >= 0.6 is 0 Å². The van der Waals surface area contributed by atoms with Gasteiger partial charge in [-0.05, 0) is 17.7 Å². The van der Waals surface area contributed by atoms with Crippen LogP contribution in [0.4, 0.5) is 0 Å². The number of nitrogens with one attached hydrogen (secondary N) is 1. The van der Waals surface area contributed by atoms with Crippen molar-refractivity contribution in [2.24, 2.45) is 0 Å². The third-order valence-corrected chi connectivity index (χ3v) is 4.03. The average molecular weight is 313 g/mol. The van der Waals surface area contributed by atoms with Gasteiger partial charge in [0.05, 0.1) is 6.61 Å². The molecule has 5 heteroatoms. The highest BCUT2D eigenvalue weighted by atomic mass is 16.7. The largest absolute Gasteiger partial charge is 0.483 e. The Morgan fingerprint density at radius 1 is 1.04 bits per heavy atom. The maximum atomic E-state index is 6.26. The van der Waals surface area contributed by atoms with Crippen molar-refractivity contribution in [3.05, 3.63) is 54.1 Å². The molecule has 0 spiro atoms. The van der Waals surface area contributed by atoms with Crippen LogP contribution in [0.25, 0.3) is 0 Å². The average Bonchev–Trinajstić information content (AvgIpc) is 3.09. The molecule has 120 valence electrons. The Hall–Kier alpha value is -2.24. The van der Waals surface area contributed by atoms with Gasteiger partial charge in [-0.15, -0.1) is 0 Å². The molecule has 2 heterocycles. The summed E-state index contributed by atoms with van der Waals surface area (Å²) in [7, 11) is 0. The zero-order valence-electron chi connectivity index (χ0n) is 12.7. The standard InChI is InChI=1S/C18H19NO4/c1-2-4-13(5-3-1)18(17-11-19-8-9-20-17)23-14-6-7-15-16(10-14)22-12-21-15/h1-7,10,17-19H,8-9,11-12H2. The SMILES string of the molecule is c1ccc(C(Oc2ccc3c(c2)OCO3)C2CNCCO2)cc1. The van der Waals surface area contributed by atoms with Gasteiger partial charge in [0.1, 0.15) is 11.9 Å². The normalized spacial score (nSPS) is 21.0. The first-order valence-corrected chi connectivity index (χ1v) is 7.84. The molecule has 0 amide bonds. The fraction of sp³-hybridized carbons (Fsp3) is 0.333. The van der Waals surface area contributed by atoms with Crippen LogP contribution in [-0.4, -0.2) is 32.6 Å². The molecule has 4 rings (SSSR count). The van der Waals surface area contributed by atoms with Crippen molar-refractivity contribution in [3.8, 4) is 17.2 Å². The monoisotopic (exact) mass is 313 g/mol. The van der Waals surface area contributed by atoms with E-state index >= 15 is 0 Å². The highest BCUT2D eigenvalue weighted by Gasteiger charge is 2.28. The number of benzene rings is 2. The minimum Gasteiger partial charge on any atom is -0.483 e. The molecular weight excluding hydrogens is 294 g/mol. The lowest BCUT2D eigenvalue weighted by Gasteiger charge is -2.31. The van der Waals surface area contributed by atoms with Crippen LogP contribution in [0.1, 0.15) is 11.7 Å². The van der Waals surface area contributed by atoms with Crippen molar-refractivity contribution >= 4 is 0 Å². The molecule has 2 atom stereocenters. The highest BCUT2D eigenvalue weighted by Crippen LogP contribution is 2.37. The first kappa shape index (κ1) is 14.4. The Morgan fingerprint density at radius 2 is 1.91 bits per heavy atom. The first-order chi connectivity index (χ1) is 11.4. The number of hydrogen-bond donors (Lipinski definition) is 1. The van der Waals surface area contributed by atoms with Gasteiger partial charge in [-0.25, -0.2) is 0 Å². The maximum absolute atomic E-state index is 6.26. The number of ether oxygens (including phenoxy) is 4. The van der Waals surface area contributed by atoms with Crippen LogP contribution < -0.4 is 19.5 Å². The predicted molar refractivity (Wildman–Crippen MR) is 85.0 cm³/mol. The van der Waals surface area contributed by atoms with E-state index in [1.807, 2.05) is 36.4 Å². The summed E-state index contributed by atoms with van der Waals surface area (Å²) in [4.78, 5) is 0. The summed E-state index contributed by atoms with van der Waals surface area (Å²) in [5, 5.41) is 3.36. The van der Waals surface area contributed by atoms with Crippen LogP contribution in [0.2, 0.25) is 0 Å². The molecule has 23 heavy (non-hydrogen) atoms. The number of morpholine rings is 1. The van der Waals surface area contributed by atoms with E-state index in [9.17, 15) is 0 Å². The van der Waals surface area contributed by atoms with Gasteiger partial charge in [-0.3, -0.25) is 0 Å². The smallest absolute Gasteiger partial charge is 0.231 e. The Morgan fingerprint density at radius 3 is 2.74 bits per heavy atom. The van der Waals surface area contributed by atoms with Gasteiger partial charge in [-0.2, -0.15) is 0 Å². The molecule has 0 aliphatic carbocycles. The van der Waals surface area contributed by atoms with Crippen molar-refractivity contribution in [2.45, 2.75) is 12.2 Å². The minimum absolute atomic E-state index is 0.0310. The molecule has 0 radical (unpaired) electrons. The van der Waals surface area contributed by atoms with E-state index in [1.165, 1.54) is 0 Å². The lowest BCUT2D eigenvalue weighted by molar-refractivity contribution is -0.0432. The minimum atomic E-state index is -0.177. The molecule has 1 fully saturated rings. The summed E-state index contributed by atoms with van der Waals surface area (Å²) in [5.41, 5.74) is 1.10. The first-order valence-electron chi connectivity index (χ1n) is 7.84. The van der Waals surface area contributed by atoms with Gasteiger partial charge in [-0.1, -0.05) is 30.3 Å². The van der Waals surface area contributed by atoms with Gasteiger partial charge in [0.15, 0.2) is 17.6 Å². The molecule has 2 aromatic rings. The molecule has 2 unspecified atom stereocenters. The van der Waals surface area contributed by atoms with E-state index in [0.29, 0.717) is 6.61 Å². The van der Waals surface area contributed by atoms with E-state index in [2.05, 4.69) is 17.4 Å². The zero-order chi connectivity index (χ0) is 15.5. The molecule has 2 aliphatic heterocycles. The van der Waals surface area contributed by atoms with Gasteiger partial charge in [0, 0.05) is 19.2 Å². The quantitative estimate of drug-likeness (QED) is 0.940. The van der Waals surface area contributed by atoms with Crippen LogP contribution in [0, 0.1) is 0 Å². The number of hydrogen-bond acceptors (Lipinski definition) is 5. The Bertz CT molecular complexity index is 655. The molecule has 0 bridgehead atoms. The number of fused-ring (bicyclic) bond motifs is 1. The second-order valence-corrected chi connectivity index (χ2v) is 5.58. The molecular formula is C18H19NO4. The molecule has 2 aromatic carbocycles. The fourth-order valence-electron chi connectivity index (χ4n) is 2.88. The Kier molecular flexibility index (Phi) is 4.05. The number of rotatable bonds is 4. The van der Waals surface area contributed by atoms with E-state index in [-0.39, 0.29) is 19.0 Å².